The molecule has 0 bridgehead atoms. The number of aromatic amines is 1. The Kier molecular flexibility index (Phi) is 5.06. The van der Waals surface area contributed by atoms with Crippen LogP contribution in [0.25, 0.3) is 11.4 Å². The molecule has 1 atom stereocenters. The number of benzene rings is 1. The summed E-state index contributed by atoms with van der Waals surface area (Å²) in [5, 5.41) is 11.5. The second-order valence-electron chi connectivity index (χ2n) is 5.65. The summed E-state index contributed by atoms with van der Waals surface area (Å²) >= 11 is 0. The predicted octanol–water partition coefficient (Wildman–Crippen LogP) is 3.77. The van der Waals surface area contributed by atoms with Crippen LogP contribution >= 0.6 is 0 Å². The molecule has 0 unspecified atom stereocenters. The number of carbonyl (C=O) groups is 1. The molecule has 7 nitrogen and oxygen atoms in total. The Morgan fingerprint density at radius 2 is 1.96 bits per heavy atom. The van der Waals surface area contributed by atoms with E-state index in [-0.39, 0.29) is 5.69 Å². The van der Waals surface area contributed by atoms with E-state index < -0.39 is 23.8 Å². The SMILES string of the molecule is C[C@@H](NC(=O)Nc1ccccc1C(F)(F)F)c1nc(-c2cccnc2)n[nH]1. The number of hydrogen-bond acceptors (Lipinski definition) is 4. The second-order valence-corrected chi connectivity index (χ2v) is 5.65. The summed E-state index contributed by atoms with van der Waals surface area (Å²) in [6, 6.07) is 6.85. The zero-order valence-corrected chi connectivity index (χ0v) is 14.1. The van der Waals surface area contributed by atoms with Gasteiger partial charge in [-0.25, -0.2) is 9.78 Å². The average Bonchev–Trinajstić information content (AvgIpc) is 3.12. The minimum absolute atomic E-state index is 0.330. The van der Waals surface area contributed by atoms with E-state index in [1.807, 2.05) is 0 Å². The Balaban J connectivity index is 1.68. The van der Waals surface area contributed by atoms with Crippen LogP contribution in [0.3, 0.4) is 0 Å². The summed E-state index contributed by atoms with van der Waals surface area (Å²) < 4.78 is 39.0. The van der Waals surface area contributed by atoms with E-state index in [9.17, 15) is 18.0 Å². The highest BCUT2D eigenvalue weighted by Gasteiger charge is 2.33. The van der Waals surface area contributed by atoms with Gasteiger partial charge in [-0.2, -0.15) is 18.3 Å². The lowest BCUT2D eigenvalue weighted by molar-refractivity contribution is -0.136. The maximum Gasteiger partial charge on any atom is 0.418 e. The first-order valence-corrected chi connectivity index (χ1v) is 7.91. The largest absolute Gasteiger partial charge is 0.418 e. The van der Waals surface area contributed by atoms with E-state index in [2.05, 4.69) is 30.8 Å². The average molecular weight is 376 g/mol. The van der Waals surface area contributed by atoms with Crippen LogP contribution < -0.4 is 10.6 Å². The molecule has 1 aromatic carbocycles. The van der Waals surface area contributed by atoms with Crippen molar-refractivity contribution in [3.63, 3.8) is 0 Å². The number of H-pyrrole nitrogens is 1. The molecular weight excluding hydrogens is 361 g/mol. The van der Waals surface area contributed by atoms with Crippen molar-refractivity contribution >= 4 is 11.7 Å². The van der Waals surface area contributed by atoms with E-state index in [0.717, 1.165) is 6.07 Å². The molecule has 2 aromatic heterocycles. The number of nitrogens with zero attached hydrogens (tertiary/aromatic N) is 3. The Hall–Kier alpha value is -3.43. The number of alkyl halides is 3. The van der Waals surface area contributed by atoms with Crippen LogP contribution in [0.1, 0.15) is 24.4 Å². The third kappa shape index (κ3) is 4.40. The van der Waals surface area contributed by atoms with E-state index in [1.54, 1.807) is 31.5 Å². The predicted molar refractivity (Wildman–Crippen MR) is 91.6 cm³/mol. The van der Waals surface area contributed by atoms with Crippen LogP contribution in [-0.4, -0.2) is 26.2 Å². The quantitative estimate of drug-likeness (QED) is 0.646. The minimum Gasteiger partial charge on any atom is -0.328 e. The molecule has 3 N–H and O–H groups in total. The molecule has 27 heavy (non-hydrogen) atoms. The minimum atomic E-state index is -4.57. The van der Waals surface area contributed by atoms with Gasteiger partial charge in [0.15, 0.2) is 5.82 Å². The van der Waals surface area contributed by atoms with Crippen LogP contribution in [0.2, 0.25) is 0 Å². The highest BCUT2D eigenvalue weighted by atomic mass is 19.4. The molecule has 10 heteroatoms. The summed E-state index contributed by atoms with van der Waals surface area (Å²) in [6.45, 7) is 1.63. The molecule has 0 aliphatic carbocycles. The molecule has 0 saturated carbocycles. The normalized spacial score (nSPS) is 12.4. The molecule has 2 amide bonds. The fourth-order valence-electron chi connectivity index (χ4n) is 2.35. The summed E-state index contributed by atoms with van der Waals surface area (Å²) in [4.78, 5) is 20.3. The molecule has 3 rings (SSSR count). The van der Waals surface area contributed by atoms with Crippen molar-refractivity contribution in [2.45, 2.75) is 19.1 Å². The fourth-order valence-corrected chi connectivity index (χ4v) is 2.35. The Bertz CT molecular complexity index is 926. The summed E-state index contributed by atoms with van der Waals surface area (Å²) in [7, 11) is 0. The van der Waals surface area contributed by atoms with Crippen molar-refractivity contribution < 1.29 is 18.0 Å². The van der Waals surface area contributed by atoms with Crippen molar-refractivity contribution in [2.75, 3.05) is 5.32 Å². The maximum atomic E-state index is 13.0. The first-order chi connectivity index (χ1) is 12.8. The zero-order valence-electron chi connectivity index (χ0n) is 14.1. The summed E-state index contributed by atoms with van der Waals surface area (Å²) in [6.07, 6.45) is -1.37. The molecule has 0 fully saturated rings. The van der Waals surface area contributed by atoms with Gasteiger partial charge in [0.05, 0.1) is 17.3 Å². The molecule has 0 radical (unpaired) electrons. The molecule has 0 spiro atoms. The lowest BCUT2D eigenvalue weighted by atomic mass is 10.1. The van der Waals surface area contributed by atoms with Gasteiger partial charge in [0.2, 0.25) is 0 Å². The molecule has 0 aliphatic rings. The Labute approximate surface area is 152 Å². The molecule has 2 heterocycles. The van der Waals surface area contributed by atoms with Gasteiger partial charge < -0.3 is 10.6 Å². The highest BCUT2D eigenvalue weighted by Crippen LogP contribution is 2.34. The number of halogens is 3. The van der Waals surface area contributed by atoms with E-state index >= 15 is 0 Å². The van der Waals surface area contributed by atoms with Crippen molar-refractivity contribution in [3.8, 4) is 11.4 Å². The maximum absolute atomic E-state index is 13.0. The number of anilines is 1. The van der Waals surface area contributed by atoms with Crippen molar-refractivity contribution in [3.05, 3.63) is 60.2 Å². The lowest BCUT2D eigenvalue weighted by Crippen LogP contribution is -2.32. The second kappa shape index (κ2) is 7.44. The Morgan fingerprint density at radius 3 is 2.67 bits per heavy atom. The van der Waals surface area contributed by atoms with Crippen LogP contribution in [0.15, 0.2) is 48.8 Å². The number of urea groups is 1. The summed E-state index contributed by atoms with van der Waals surface area (Å²) in [5.41, 5.74) is -0.564. The van der Waals surface area contributed by atoms with Crippen LogP contribution in [0, 0.1) is 0 Å². The van der Waals surface area contributed by atoms with E-state index in [4.69, 9.17) is 0 Å². The van der Waals surface area contributed by atoms with Gasteiger partial charge in [-0.3, -0.25) is 10.1 Å². The van der Waals surface area contributed by atoms with Gasteiger partial charge >= 0.3 is 12.2 Å². The standard InChI is InChI=1S/C17H15F3N6O/c1-10(14-24-15(26-25-14)11-5-4-8-21-9-11)22-16(27)23-13-7-3-2-6-12(13)17(18,19)20/h2-10H,1H3,(H2,22,23,27)(H,24,25,26)/t10-/m1/s1. The number of para-hydroxylation sites is 1. The first kappa shape index (κ1) is 18.4. The van der Waals surface area contributed by atoms with Gasteiger partial charge in [0.1, 0.15) is 5.82 Å². The number of aromatic nitrogens is 4. The van der Waals surface area contributed by atoms with Gasteiger partial charge in [-0.1, -0.05) is 12.1 Å². The number of carbonyl (C=O) groups excluding carboxylic acids is 1. The van der Waals surface area contributed by atoms with Gasteiger partial charge in [-0.05, 0) is 31.2 Å². The molecule has 0 saturated heterocycles. The number of rotatable bonds is 4. The number of hydrogen-bond donors (Lipinski definition) is 3. The zero-order chi connectivity index (χ0) is 19.4. The van der Waals surface area contributed by atoms with Crippen LogP contribution in [0.4, 0.5) is 23.7 Å². The lowest BCUT2D eigenvalue weighted by Gasteiger charge is -2.15. The molecule has 3 aromatic rings. The van der Waals surface area contributed by atoms with E-state index in [1.165, 1.54) is 18.2 Å². The summed E-state index contributed by atoms with van der Waals surface area (Å²) in [5.74, 6) is 0.752. The van der Waals surface area contributed by atoms with Crippen molar-refractivity contribution in [2.24, 2.45) is 0 Å². The van der Waals surface area contributed by atoms with E-state index in [0.29, 0.717) is 17.2 Å². The topological polar surface area (TPSA) is 95.6 Å². The van der Waals surface area contributed by atoms with Crippen molar-refractivity contribution in [1.82, 2.24) is 25.5 Å². The number of pyridine rings is 1. The number of nitrogens with one attached hydrogen (secondary N) is 3. The van der Waals surface area contributed by atoms with Gasteiger partial charge in [-0.15, -0.1) is 0 Å². The third-order valence-corrected chi connectivity index (χ3v) is 3.66. The van der Waals surface area contributed by atoms with Crippen LogP contribution in [-0.2, 0) is 6.18 Å². The fraction of sp³-hybridized carbons (Fsp3) is 0.176. The van der Waals surface area contributed by atoms with Crippen molar-refractivity contribution in [1.29, 1.82) is 0 Å². The third-order valence-electron chi connectivity index (χ3n) is 3.66. The number of amides is 2. The van der Waals surface area contributed by atoms with Gasteiger partial charge in [0.25, 0.3) is 0 Å². The molecule has 140 valence electrons. The monoisotopic (exact) mass is 376 g/mol. The van der Waals surface area contributed by atoms with Crippen LogP contribution in [0.5, 0.6) is 0 Å². The first-order valence-electron chi connectivity index (χ1n) is 7.91. The molecular formula is C17H15F3N6O. The highest BCUT2D eigenvalue weighted by molar-refractivity contribution is 5.90. The van der Waals surface area contributed by atoms with Gasteiger partial charge in [0, 0.05) is 18.0 Å². The Morgan fingerprint density at radius 1 is 1.19 bits per heavy atom. The smallest absolute Gasteiger partial charge is 0.328 e. The molecule has 0 aliphatic heterocycles.